The smallest absolute Gasteiger partial charge is 0.305 e. The van der Waals surface area contributed by atoms with Gasteiger partial charge in [-0.2, -0.15) is 0 Å². The summed E-state index contributed by atoms with van der Waals surface area (Å²) in [5.41, 5.74) is 0.524. The molecule has 1 saturated heterocycles. The Morgan fingerprint density at radius 3 is 2.43 bits per heavy atom. The van der Waals surface area contributed by atoms with E-state index in [1.54, 1.807) is 13.8 Å². The number of carboxylic acids is 1. The predicted molar refractivity (Wildman–Crippen MR) is 127 cm³/mol. The van der Waals surface area contributed by atoms with E-state index >= 15 is 0 Å². The molecule has 0 spiro atoms. The number of amides is 4. The Labute approximate surface area is 207 Å². The van der Waals surface area contributed by atoms with Crippen molar-refractivity contribution in [1.29, 1.82) is 0 Å². The van der Waals surface area contributed by atoms with E-state index in [1.807, 2.05) is 0 Å². The van der Waals surface area contributed by atoms with Crippen LogP contribution in [0.4, 0.5) is 5.69 Å². The van der Waals surface area contributed by atoms with Gasteiger partial charge in [0.05, 0.1) is 23.0 Å². The molecule has 190 valence electrons. The SMILES string of the molecule is CC(=O)Nc1ccc(C(=O)NC(C(=O)N2CCC[C@H]2C(=O)N[C@H](C=O)CC(=O)O)C(C)C)c(Cl)c1. The fourth-order valence-corrected chi connectivity index (χ4v) is 4.06. The van der Waals surface area contributed by atoms with Gasteiger partial charge in [-0.25, -0.2) is 0 Å². The molecular formula is C23H29ClN4O7. The van der Waals surface area contributed by atoms with Crippen molar-refractivity contribution < 1.29 is 33.9 Å². The number of anilines is 1. The summed E-state index contributed by atoms with van der Waals surface area (Å²) >= 11 is 6.21. The Bertz CT molecular complexity index is 1010. The quantitative estimate of drug-likeness (QED) is 0.345. The van der Waals surface area contributed by atoms with Crippen LogP contribution in [0.3, 0.4) is 0 Å². The molecule has 0 radical (unpaired) electrons. The molecule has 1 aromatic rings. The van der Waals surface area contributed by atoms with Crippen molar-refractivity contribution in [1.82, 2.24) is 15.5 Å². The molecule has 1 unspecified atom stereocenters. The highest BCUT2D eigenvalue weighted by atomic mass is 35.5. The highest BCUT2D eigenvalue weighted by molar-refractivity contribution is 6.34. The number of hydrogen-bond acceptors (Lipinski definition) is 6. The Hall–Kier alpha value is -3.47. The number of benzene rings is 1. The van der Waals surface area contributed by atoms with E-state index < -0.39 is 48.2 Å². The highest BCUT2D eigenvalue weighted by Crippen LogP contribution is 2.23. The molecule has 0 saturated carbocycles. The molecule has 4 N–H and O–H groups in total. The van der Waals surface area contributed by atoms with Gasteiger partial charge in [-0.05, 0) is 37.0 Å². The van der Waals surface area contributed by atoms with Crippen LogP contribution in [0.5, 0.6) is 0 Å². The summed E-state index contributed by atoms with van der Waals surface area (Å²) in [6.45, 7) is 5.09. The van der Waals surface area contributed by atoms with E-state index in [2.05, 4.69) is 16.0 Å². The van der Waals surface area contributed by atoms with Gasteiger partial charge in [0, 0.05) is 19.2 Å². The predicted octanol–water partition coefficient (Wildman–Crippen LogP) is 1.20. The number of nitrogens with zero attached hydrogens (tertiary/aromatic N) is 1. The minimum Gasteiger partial charge on any atom is -0.481 e. The van der Waals surface area contributed by atoms with Crippen LogP contribution < -0.4 is 16.0 Å². The molecule has 4 amide bonds. The maximum atomic E-state index is 13.3. The maximum Gasteiger partial charge on any atom is 0.305 e. The zero-order valence-electron chi connectivity index (χ0n) is 19.7. The second-order valence-corrected chi connectivity index (χ2v) is 9.02. The van der Waals surface area contributed by atoms with Crippen LogP contribution in [-0.4, -0.2) is 70.6 Å². The lowest BCUT2D eigenvalue weighted by Crippen LogP contribution is -2.56. The number of aliphatic carboxylic acids is 1. The zero-order valence-corrected chi connectivity index (χ0v) is 20.4. The number of aldehydes is 1. The average molecular weight is 509 g/mol. The first kappa shape index (κ1) is 27.8. The Morgan fingerprint density at radius 2 is 1.89 bits per heavy atom. The standard InChI is InChI=1S/C23H29ClN4O7/c1-12(2)20(27-21(33)16-7-6-14(9-17(16)24)25-13(3)30)23(35)28-8-4-5-18(28)22(34)26-15(11-29)10-19(31)32/h6-7,9,11-12,15,18,20H,4-5,8,10H2,1-3H3,(H,25,30)(H,26,34)(H,27,33)(H,31,32)/t15-,18-,20?/m0/s1. The molecule has 0 aromatic heterocycles. The van der Waals surface area contributed by atoms with Gasteiger partial charge >= 0.3 is 5.97 Å². The van der Waals surface area contributed by atoms with Gasteiger partial charge in [0.1, 0.15) is 18.4 Å². The molecule has 1 fully saturated rings. The molecule has 35 heavy (non-hydrogen) atoms. The van der Waals surface area contributed by atoms with E-state index in [1.165, 1.54) is 30.0 Å². The van der Waals surface area contributed by atoms with Gasteiger partial charge in [0.15, 0.2) is 0 Å². The first-order valence-corrected chi connectivity index (χ1v) is 11.5. The third kappa shape index (κ3) is 7.51. The molecular weight excluding hydrogens is 480 g/mol. The van der Waals surface area contributed by atoms with Crippen LogP contribution in [0.25, 0.3) is 0 Å². The zero-order chi connectivity index (χ0) is 26.3. The molecule has 1 aliphatic heterocycles. The van der Waals surface area contributed by atoms with Crippen molar-refractivity contribution in [3.63, 3.8) is 0 Å². The largest absolute Gasteiger partial charge is 0.481 e. The molecule has 1 aliphatic rings. The number of carboxylic acid groups (broad SMARTS) is 1. The van der Waals surface area contributed by atoms with Crippen molar-refractivity contribution in [3.05, 3.63) is 28.8 Å². The second kappa shape index (κ2) is 12.3. The van der Waals surface area contributed by atoms with Crippen molar-refractivity contribution >= 4 is 53.2 Å². The van der Waals surface area contributed by atoms with Crippen LogP contribution in [0.15, 0.2) is 18.2 Å². The minimum absolute atomic E-state index is 0.0838. The Kier molecular flexibility index (Phi) is 9.76. The number of likely N-dealkylation sites (tertiary alicyclic amines) is 1. The molecule has 1 aromatic carbocycles. The summed E-state index contributed by atoms with van der Waals surface area (Å²) in [6.07, 6.45) is 0.641. The van der Waals surface area contributed by atoms with E-state index in [0.29, 0.717) is 24.8 Å². The molecule has 12 heteroatoms. The molecule has 0 bridgehead atoms. The molecule has 11 nitrogen and oxygen atoms in total. The van der Waals surface area contributed by atoms with Crippen molar-refractivity contribution in [2.75, 3.05) is 11.9 Å². The summed E-state index contributed by atoms with van der Waals surface area (Å²) in [7, 11) is 0. The Morgan fingerprint density at radius 1 is 1.20 bits per heavy atom. The lowest BCUT2D eigenvalue weighted by molar-refractivity contribution is -0.142. The number of halogens is 1. The normalized spacial score (nSPS) is 16.8. The van der Waals surface area contributed by atoms with Gasteiger partial charge in [0.2, 0.25) is 17.7 Å². The average Bonchev–Trinajstić information content (AvgIpc) is 3.25. The Balaban J connectivity index is 2.15. The van der Waals surface area contributed by atoms with Gasteiger partial charge in [-0.1, -0.05) is 25.4 Å². The molecule has 1 heterocycles. The van der Waals surface area contributed by atoms with Gasteiger partial charge < -0.3 is 30.8 Å². The number of nitrogens with one attached hydrogen (secondary N) is 3. The van der Waals surface area contributed by atoms with Gasteiger partial charge in [-0.3, -0.25) is 24.0 Å². The monoisotopic (exact) mass is 508 g/mol. The van der Waals surface area contributed by atoms with Crippen LogP contribution >= 0.6 is 11.6 Å². The number of rotatable bonds is 10. The lowest BCUT2D eigenvalue weighted by atomic mass is 10.0. The van der Waals surface area contributed by atoms with E-state index in [-0.39, 0.29) is 29.0 Å². The van der Waals surface area contributed by atoms with Gasteiger partial charge in [0.25, 0.3) is 5.91 Å². The van der Waals surface area contributed by atoms with E-state index in [0.717, 1.165) is 0 Å². The van der Waals surface area contributed by atoms with Crippen LogP contribution in [0, 0.1) is 5.92 Å². The number of hydrogen-bond donors (Lipinski definition) is 4. The third-order valence-electron chi connectivity index (χ3n) is 5.48. The summed E-state index contributed by atoms with van der Waals surface area (Å²) in [4.78, 5) is 73.5. The van der Waals surface area contributed by atoms with Gasteiger partial charge in [-0.15, -0.1) is 0 Å². The second-order valence-electron chi connectivity index (χ2n) is 8.61. The van der Waals surface area contributed by atoms with Crippen molar-refractivity contribution in [2.24, 2.45) is 5.92 Å². The number of carbonyl (C=O) groups is 6. The minimum atomic E-state index is -1.24. The summed E-state index contributed by atoms with van der Waals surface area (Å²) in [6, 6.07) is 1.29. The van der Waals surface area contributed by atoms with Crippen molar-refractivity contribution in [2.45, 2.75) is 58.2 Å². The fraction of sp³-hybridized carbons (Fsp3) is 0.478. The third-order valence-corrected chi connectivity index (χ3v) is 5.79. The van der Waals surface area contributed by atoms with Crippen molar-refractivity contribution in [3.8, 4) is 0 Å². The molecule has 0 aliphatic carbocycles. The first-order chi connectivity index (χ1) is 16.4. The summed E-state index contributed by atoms with van der Waals surface area (Å²) < 4.78 is 0. The topological polar surface area (TPSA) is 162 Å². The molecule has 3 atom stereocenters. The van der Waals surface area contributed by atoms with E-state index in [4.69, 9.17) is 16.7 Å². The first-order valence-electron chi connectivity index (χ1n) is 11.1. The van der Waals surface area contributed by atoms with Crippen LogP contribution in [0.2, 0.25) is 5.02 Å². The maximum absolute atomic E-state index is 13.3. The number of carbonyl (C=O) groups excluding carboxylic acids is 5. The summed E-state index contributed by atoms with van der Waals surface area (Å²) in [5, 5.41) is 16.6. The van der Waals surface area contributed by atoms with Crippen LogP contribution in [0.1, 0.15) is 50.4 Å². The fourth-order valence-electron chi connectivity index (χ4n) is 3.79. The molecule has 2 rings (SSSR count). The lowest BCUT2D eigenvalue weighted by Gasteiger charge is -2.31. The highest BCUT2D eigenvalue weighted by Gasteiger charge is 2.39. The van der Waals surface area contributed by atoms with Crippen LogP contribution in [-0.2, 0) is 24.0 Å². The summed E-state index contributed by atoms with van der Waals surface area (Å²) in [5.74, 6) is -3.57. The van der Waals surface area contributed by atoms with E-state index in [9.17, 15) is 28.8 Å².